The van der Waals surface area contributed by atoms with Crippen molar-refractivity contribution in [2.45, 2.75) is 13.5 Å². The molecule has 0 aliphatic rings. The van der Waals surface area contributed by atoms with E-state index in [0.717, 1.165) is 11.3 Å². The normalized spacial score (nSPS) is 10.4. The smallest absolute Gasteiger partial charge is 0.347 e. The van der Waals surface area contributed by atoms with Gasteiger partial charge < -0.3 is 4.90 Å². The molecule has 0 radical (unpaired) electrons. The molecular weight excluding hydrogens is 230 g/mol. The highest BCUT2D eigenvalue weighted by Gasteiger charge is 2.06. The maximum atomic E-state index is 11.8. The summed E-state index contributed by atoms with van der Waals surface area (Å²) in [6, 6.07) is 3.83. The molecule has 0 aliphatic heterocycles. The van der Waals surface area contributed by atoms with Crippen LogP contribution in [0.5, 0.6) is 0 Å². The molecule has 0 N–H and O–H groups in total. The lowest BCUT2D eigenvalue weighted by molar-refractivity contribution is 0.679. The minimum absolute atomic E-state index is 0.321. The molecule has 0 aliphatic carbocycles. The van der Waals surface area contributed by atoms with Gasteiger partial charge in [-0.05, 0) is 18.6 Å². The highest BCUT2D eigenvalue weighted by Crippen LogP contribution is 2.04. The minimum Gasteiger partial charge on any atom is -0.347 e. The number of aromatic nitrogens is 4. The van der Waals surface area contributed by atoms with E-state index in [9.17, 15) is 4.79 Å². The monoisotopic (exact) mass is 245 g/mol. The Morgan fingerprint density at radius 3 is 2.72 bits per heavy atom. The van der Waals surface area contributed by atoms with Gasteiger partial charge in [-0.3, -0.25) is 9.55 Å². The topological polar surface area (TPSA) is 63.9 Å². The molecule has 0 saturated carbocycles. The van der Waals surface area contributed by atoms with Gasteiger partial charge in [0.1, 0.15) is 6.33 Å². The van der Waals surface area contributed by atoms with Gasteiger partial charge in [0.05, 0.1) is 12.2 Å². The van der Waals surface area contributed by atoms with E-state index in [1.807, 2.05) is 19.1 Å². The van der Waals surface area contributed by atoms with Gasteiger partial charge in [0.15, 0.2) is 0 Å². The summed E-state index contributed by atoms with van der Waals surface area (Å²) in [6.45, 7) is 2.35. The van der Waals surface area contributed by atoms with Crippen molar-refractivity contribution in [3.63, 3.8) is 0 Å². The van der Waals surface area contributed by atoms with E-state index in [0.29, 0.717) is 12.5 Å². The number of rotatable bonds is 3. The largest absolute Gasteiger partial charge is 0.352 e. The van der Waals surface area contributed by atoms with Gasteiger partial charge in [-0.2, -0.15) is 4.98 Å². The summed E-state index contributed by atoms with van der Waals surface area (Å²) in [5, 5.41) is 0. The fourth-order valence-electron chi connectivity index (χ4n) is 1.52. The lowest BCUT2D eigenvalue weighted by atomic mass is 10.2. The second kappa shape index (κ2) is 4.95. The summed E-state index contributed by atoms with van der Waals surface area (Å²) >= 11 is 0. The predicted molar refractivity (Wildman–Crippen MR) is 68.7 cm³/mol. The number of aryl methyl sites for hydroxylation is 1. The Morgan fingerprint density at radius 2 is 2.11 bits per heavy atom. The van der Waals surface area contributed by atoms with Crippen LogP contribution in [0, 0.1) is 6.92 Å². The maximum absolute atomic E-state index is 11.8. The summed E-state index contributed by atoms with van der Waals surface area (Å²) < 4.78 is 1.45. The molecule has 2 rings (SSSR count). The molecule has 0 atom stereocenters. The molecule has 0 spiro atoms. The van der Waals surface area contributed by atoms with E-state index >= 15 is 0 Å². The number of nitrogens with zero attached hydrogens (tertiary/aromatic N) is 5. The Bertz CT molecular complexity index is 605. The van der Waals surface area contributed by atoms with Crippen molar-refractivity contribution < 1.29 is 0 Å². The van der Waals surface area contributed by atoms with Gasteiger partial charge in [0.25, 0.3) is 0 Å². The standard InChI is InChI=1S/C12H15N5O/c1-9-5-4-6-13-10(9)7-17-8-14-11(16(2)3)15-12(17)18/h4-6,8H,7H2,1-3H3. The second-order valence-corrected chi connectivity index (χ2v) is 4.23. The lowest BCUT2D eigenvalue weighted by Crippen LogP contribution is -2.27. The molecule has 18 heavy (non-hydrogen) atoms. The van der Waals surface area contributed by atoms with Gasteiger partial charge in [-0.25, -0.2) is 9.78 Å². The number of hydrogen-bond donors (Lipinski definition) is 0. The van der Waals surface area contributed by atoms with E-state index in [4.69, 9.17) is 0 Å². The van der Waals surface area contributed by atoms with Crippen LogP contribution in [0.1, 0.15) is 11.3 Å². The molecule has 0 aromatic carbocycles. The Hall–Kier alpha value is -2.24. The van der Waals surface area contributed by atoms with Crippen LogP contribution < -0.4 is 10.6 Å². The van der Waals surface area contributed by atoms with Crippen LogP contribution in [-0.2, 0) is 6.54 Å². The first-order chi connectivity index (χ1) is 8.58. The Labute approximate surface area is 105 Å². The zero-order valence-electron chi connectivity index (χ0n) is 10.7. The molecular formula is C12H15N5O. The molecule has 6 nitrogen and oxygen atoms in total. The highest BCUT2D eigenvalue weighted by atomic mass is 16.1. The zero-order chi connectivity index (χ0) is 13.1. The van der Waals surface area contributed by atoms with Gasteiger partial charge in [-0.1, -0.05) is 6.07 Å². The first kappa shape index (κ1) is 12.2. The first-order valence-electron chi connectivity index (χ1n) is 5.59. The van der Waals surface area contributed by atoms with Crippen molar-refractivity contribution in [3.8, 4) is 0 Å². The van der Waals surface area contributed by atoms with Gasteiger partial charge >= 0.3 is 5.69 Å². The molecule has 0 unspecified atom stereocenters. The highest BCUT2D eigenvalue weighted by molar-refractivity contribution is 5.23. The van der Waals surface area contributed by atoms with Crippen molar-refractivity contribution in [2.24, 2.45) is 0 Å². The quantitative estimate of drug-likeness (QED) is 0.786. The van der Waals surface area contributed by atoms with Gasteiger partial charge in [0, 0.05) is 20.3 Å². The number of anilines is 1. The average molecular weight is 245 g/mol. The summed E-state index contributed by atoms with van der Waals surface area (Å²) in [5.74, 6) is 0.411. The van der Waals surface area contributed by atoms with Crippen molar-refractivity contribution in [2.75, 3.05) is 19.0 Å². The Morgan fingerprint density at radius 1 is 1.33 bits per heavy atom. The molecule has 2 aromatic heterocycles. The van der Waals surface area contributed by atoms with E-state index in [1.54, 1.807) is 25.2 Å². The van der Waals surface area contributed by atoms with Gasteiger partial charge in [-0.15, -0.1) is 0 Å². The predicted octanol–water partition coefficient (Wildman–Crippen LogP) is 0.456. The molecule has 0 amide bonds. The second-order valence-electron chi connectivity index (χ2n) is 4.23. The zero-order valence-corrected chi connectivity index (χ0v) is 10.7. The van der Waals surface area contributed by atoms with Crippen LogP contribution >= 0.6 is 0 Å². The Kier molecular flexibility index (Phi) is 3.36. The number of pyridine rings is 1. The molecule has 0 bridgehead atoms. The van der Waals surface area contributed by atoms with E-state index < -0.39 is 0 Å². The van der Waals surface area contributed by atoms with E-state index in [-0.39, 0.29) is 5.69 Å². The molecule has 0 saturated heterocycles. The summed E-state index contributed by atoms with van der Waals surface area (Å²) in [7, 11) is 3.59. The lowest BCUT2D eigenvalue weighted by Gasteiger charge is -2.11. The van der Waals surface area contributed by atoms with E-state index in [1.165, 1.54) is 10.9 Å². The van der Waals surface area contributed by atoms with Crippen LogP contribution in [0.15, 0.2) is 29.5 Å². The summed E-state index contributed by atoms with van der Waals surface area (Å²) in [6.07, 6.45) is 3.21. The molecule has 94 valence electrons. The molecule has 2 heterocycles. The fourth-order valence-corrected chi connectivity index (χ4v) is 1.52. The summed E-state index contributed by atoms with van der Waals surface area (Å²) in [5.41, 5.74) is 1.57. The van der Waals surface area contributed by atoms with Crippen molar-refractivity contribution >= 4 is 5.95 Å². The van der Waals surface area contributed by atoms with Crippen LogP contribution in [0.3, 0.4) is 0 Å². The third-order valence-electron chi connectivity index (χ3n) is 2.59. The fraction of sp³-hybridized carbons (Fsp3) is 0.333. The third-order valence-corrected chi connectivity index (χ3v) is 2.59. The van der Waals surface area contributed by atoms with Crippen molar-refractivity contribution in [3.05, 3.63) is 46.4 Å². The van der Waals surface area contributed by atoms with E-state index in [2.05, 4.69) is 15.0 Å². The minimum atomic E-state index is -0.321. The molecule has 0 fully saturated rings. The SMILES string of the molecule is Cc1cccnc1Cn1cnc(N(C)C)nc1=O. The van der Waals surface area contributed by atoms with Crippen molar-refractivity contribution in [1.29, 1.82) is 0 Å². The van der Waals surface area contributed by atoms with Crippen LogP contribution in [-0.4, -0.2) is 33.6 Å². The first-order valence-corrected chi connectivity index (χ1v) is 5.59. The molecule has 2 aromatic rings. The van der Waals surface area contributed by atoms with Gasteiger partial charge in [0.2, 0.25) is 5.95 Å². The summed E-state index contributed by atoms with van der Waals surface area (Å²) in [4.78, 5) is 25.8. The molecule has 6 heteroatoms. The Balaban J connectivity index is 2.31. The van der Waals surface area contributed by atoms with Crippen molar-refractivity contribution in [1.82, 2.24) is 19.5 Å². The van der Waals surface area contributed by atoms with Crippen LogP contribution in [0.4, 0.5) is 5.95 Å². The maximum Gasteiger partial charge on any atom is 0.352 e. The number of hydrogen-bond acceptors (Lipinski definition) is 5. The average Bonchev–Trinajstić information content (AvgIpc) is 2.34. The van der Waals surface area contributed by atoms with Crippen LogP contribution in [0.2, 0.25) is 0 Å². The third kappa shape index (κ3) is 2.53. The van der Waals surface area contributed by atoms with Crippen LogP contribution in [0.25, 0.3) is 0 Å².